The minimum atomic E-state index is -0.336. The van der Waals surface area contributed by atoms with Gasteiger partial charge < -0.3 is 5.32 Å². The molecular formula is C17H12ClN5O. The van der Waals surface area contributed by atoms with Crippen molar-refractivity contribution in [3.8, 4) is 6.07 Å². The number of nitrogens with zero attached hydrogens (tertiary/aromatic N) is 3. The van der Waals surface area contributed by atoms with Crippen LogP contribution in [-0.4, -0.2) is 15.2 Å². The maximum atomic E-state index is 12.2. The summed E-state index contributed by atoms with van der Waals surface area (Å²) in [4.78, 5) is 14.8. The van der Waals surface area contributed by atoms with Gasteiger partial charge in [0, 0.05) is 11.4 Å². The fourth-order valence-electron chi connectivity index (χ4n) is 2.15. The number of aromatic nitrogens is 3. The van der Waals surface area contributed by atoms with Crippen molar-refractivity contribution in [2.75, 3.05) is 5.32 Å². The molecule has 0 saturated heterocycles. The molecule has 6 nitrogen and oxygen atoms in total. The zero-order valence-electron chi connectivity index (χ0n) is 12.5. The number of benzene rings is 2. The number of halogens is 1. The Hall–Kier alpha value is -3.17. The van der Waals surface area contributed by atoms with Gasteiger partial charge >= 0.3 is 0 Å². The smallest absolute Gasteiger partial charge is 0.274 e. The molecule has 7 heteroatoms. The van der Waals surface area contributed by atoms with E-state index in [4.69, 9.17) is 16.9 Å². The van der Waals surface area contributed by atoms with Gasteiger partial charge in [0.25, 0.3) is 5.56 Å². The molecule has 1 aromatic heterocycles. The van der Waals surface area contributed by atoms with E-state index in [0.29, 0.717) is 28.4 Å². The standard InChI is InChI=1S/C17H12ClN5O/c18-13-7-5-11(6-8-13)9-15-16(24)21-17(23-22-15)20-14-4-2-1-3-12(14)10-19/h1-8H,9H2,(H2,20,21,23,24). The SMILES string of the molecule is N#Cc1ccccc1Nc1nnc(Cc2ccc(Cl)cc2)c(=O)[nH]1. The molecule has 0 aliphatic heterocycles. The normalized spacial score (nSPS) is 10.2. The molecule has 3 rings (SSSR count). The van der Waals surface area contributed by atoms with Crippen LogP contribution in [0.4, 0.5) is 11.6 Å². The van der Waals surface area contributed by atoms with Crippen LogP contribution in [0.25, 0.3) is 0 Å². The Labute approximate surface area is 142 Å². The van der Waals surface area contributed by atoms with Crippen LogP contribution in [0.5, 0.6) is 0 Å². The van der Waals surface area contributed by atoms with Crippen LogP contribution in [0, 0.1) is 11.3 Å². The Morgan fingerprint density at radius 3 is 2.58 bits per heavy atom. The second-order valence-electron chi connectivity index (χ2n) is 5.04. The maximum Gasteiger partial charge on any atom is 0.274 e. The van der Waals surface area contributed by atoms with E-state index in [0.717, 1.165) is 5.56 Å². The summed E-state index contributed by atoms with van der Waals surface area (Å²) in [6, 6.07) is 16.2. The van der Waals surface area contributed by atoms with E-state index < -0.39 is 0 Å². The Kier molecular flexibility index (Phi) is 4.54. The van der Waals surface area contributed by atoms with Crippen LogP contribution >= 0.6 is 11.6 Å². The summed E-state index contributed by atoms with van der Waals surface area (Å²) >= 11 is 5.84. The van der Waals surface area contributed by atoms with E-state index in [1.165, 1.54) is 0 Å². The third-order valence-electron chi connectivity index (χ3n) is 3.35. The monoisotopic (exact) mass is 337 g/mol. The Morgan fingerprint density at radius 2 is 1.88 bits per heavy atom. The Balaban J connectivity index is 1.81. The molecule has 2 aromatic carbocycles. The van der Waals surface area contributed by atoms with Gasteiger partial charge in [-0.25, -0.2) is 0 Å². The van der Waals surface area contributed by atoms with Gasteiger partial charge in [-0.05, 0) is 29.8 Å². The summed E-state index contributed by atoms with van der Waals surface area (Å²) in [6.07, 6.45) is 0.356. The lowest BCUT2D eigenvalue weighted by Gasteiger charge is -2.07. The van der Waals surface area contributed by atoms with Crippen molar-refractivity contribution in [3.63, 3.8) is 0 Å². The average molecular weight is 338 g/mol. The number of nitriles is 1. The van der Waals surface area contributed by atoms with Crippen molar-refractivity contribution in [1.82, 2.24) is 15.2 Å². The van der Waals surface area contributed by atoms with Gasteiger partial charge in [0.2, 0.25) is 5.95 Å². The van der Waals surface area contributed by atoms with Crippen LogP contribution in [0.15, 0.2) is 53.3 Å². The molecule has 0 spiro atoms. The highest BCUT2D eigenvalue weighted by Gasteiger charge is 2.08. The van der Waals surface area contributed by atoms with Gasteiger partial charge in [-0.2, -0.15) is 5.26 Å². The second-order valence-corrected chi connectivity index (χ2v) is 5.47. The highest BCUT2D eigenvalue weighted by atomic mass is 35.5. The lowest BCUT2D eigenvalue weighted by Crippen LogP contribution is -2.19. The fourth-order valence-corrected chi connectivity index (χ4v) is 2.27. The number of hydrogen-bond donors (Lipinski definition) is 2. The summed E-state index contributed by atoms with van der Waals surface area (Å²) in [5, 5.41) is 20.5. The number of aromatic amines is 1. The number of hydrogen-bond acceptors (Lipinski definition) is 5. The molecular weight excluding hydrogens is 326 g/mol. The van der Waals surface area contributed by atoms with Gasteiger partial charge in [-0.3, -0.25) is 9.78 Å². The first kappa shape index (κ1) is 15.7. The largest absolute Gasteiger partial charge is 0.323 e. The van der Waals surface area contributed by atoms with Crippen molar-refractivity contribution in [2.24, 2.45) is 0 Å². The zero-order valence-corrected chi connectivity index (χ0v) is 13.2. The Bertz CT molecular complexity index is 960. The van der Waals surface area contributed by atoms with Crippen molar-refractivity contribution >= 4 is 23.2 Å². The average Bonchev–Trinajstić information content (AvgIpc) is 2.60. The van der Waals surface area contributed by atoms with E-state index in [9.17, 15) is 4.79 Å². The number of para-hydroxylation sites is 1. The number of nitrogens with one attached hydrogen (secondary N) is 2. The van der Waals surface area contributed by atoms with Gasteiger partial charge in [0.1, 0.15) is 11.8 Å². The van der Waals surface area contributed by atoms with Crippen LogP contribution in [-0.2, 0) is 6.42 Å². The summed E-state index contributed by atoms with van der Waals surface area (Å²) in [5.74, 6) is 0.183. The van der Waals surface area contributed by atoms with E-state index in [1.807, 2.05) is 12.1 Å². The molecule has 1 heterocycles. The van der Waals surface area contributed by atoms with Crippen molar-refractivity contribution in [3.05, 3.63) is 80.7 Å². The van der Waals surface area contributed by atoms with E-state index in [1.54, 1.807) is 36.4 Å². The van der Waals surface area contributed by atoms with Gasteiger partial charge in [0.05, 0.1) is 11.3 Å². The molecule has 118 valence electrons. The first-order valence-electron chi connectivity index (χ1n) is 7.12. The molecule has 0 fully saturated rings. The van der Waals surface area contributed by atoms with Crippen LogP contribution in [0.2, 0.25) is 5.02 Å². The quantitative estimate of drug-likeness (QED) is 0.763. The molecule has 0 saturated carbocycles. The lowest BCUT2D eigenvalue weighted by atomic mass is 10.1. The molecule has 0 unspecified atom stereocenters. The third kappa shape index (κ3) is 3.59. The van der Waals surface area contributed by atoms with Crippen LogP contribution in [0.1, 0.15) is 16.8 Å². The van der Waals surface area contributed by atoms with E-state index >= 15 is 0 Å². The number of anilines is 2. The molecule has 24 heavy (non-hydrogen) atoms. The summed E-state index contributed by atoms with van der Waals surface area (Å²) < 4.78 is 0. The van der Waals surface area contributed by atoms with Crippen LogP contribution in [0.3, 0.4) is 0 Å². The fraction of sp³-hybridized carbons (Fsp3) is 0.0588. The van der Waals surface area contributed by atoms with Crippen molar-refractivity contribution in [2.45, 2.75) is 6.42 Å². The topological polar surface area (TPSA) is 94.5 Å². The van der Waals surface area contributed by atoms with Gasteiger partial charge in [0.15, 0.2) is 0 Å². The van der Waals surface area contributed by atoms with E-state index in [-0.39, 0.29) is 11.5 Å². The highest BCUT2D eigenvalue weighted by Crippen LogP contribution is 2.16. The zero-order chi connectivity index (χ0) is 16.9. The molecule has 0 aliphatic rings. The first-order chi connectivity index (χ1) is 11.7. The molecule has 0 radical (unpaired) electrons. The molecule has 0 bridgehead atoms. The van der Waals surface area contributed by atoms with Crippen molar-refractivity contribution in [1.29, 1.82) is 5.26 Å². The molecule has 0 amide bonds. The Morgan fingerprint density at radius 1 is 1.12 bits per heavy atom. The van der Waals surface area contributed by atoms with E-state index in [2.05, 4.69) is 26.6 Å². The van der Waals surface area contributed by atoms with Gasteiger partial charge in [-0.15, -0.1) is 10.2 Å². The van der Waals surface area contributed by atoms with Crippen LogP contribution < -0.4 is 10.9 Å². The molecule has 2 N–H and O–H groups in total. The predicted octanol–water partition coefficient (Wildman–Crippen LogP) is 3.02. The summed E-state index contributed by atoms with van der Waals surface area (Å²) in [6.45, 7) is 0. The predicted molar refractivity (Wildman–Crippen MR) is 91.4 cm³/mol. The number of rotatable bonds is 4. The molecule has 0 atom stereocenters. The number of H-pyrrole nitrogens is 1. The van der Waals surface area contributed by atoms with Gasteiger partial charge in [-0.1, -0.05) is 35.9 Å². The van der Waals surface area contributed by atoms with Crippen molar-refractivity contribution < 1.29 is 0 Å². The third-order valence-corrected chi connectivity index (χ3v) is 3.60. The molecule has 0 aliphatic carbocycles. The lowest BCUT2D eigenvalue weighted by molar-refractivity contribution is 0.874. The maximum absolute atomic E-state index is 12.2. The summed E-state index contributed by atoms with van der Waals surface area (Å²) in [7, 11) is 0. The highest BCUT2D eigenvalue weighted by molar-refractivity contribution is 6.30. The minimum Gasteiger partial charge on any atom is -0.323 e. The summed E-state index contributed by atoms with van der Waals surface area (Å²) in [5.41, 5.74) is 1.88. The first-order valence-corrected chi connectivity index (χ1v) is 7.50. The second kappa shape index (κ2) is 6.94. The minimum absolute atomic E-state index is 0.183. The molecule has 3 aromatic rings.